The van der Waals surface area contributed by atoms with Gasteiger partial charge in [0, 0.05) is 17.8 Å². The lowest BCUT2D eigenvalue weighted by Crippen LogP contribution is -2.43. The monoisotopic (exact) mass is 342 g/mol. The van der Waals surface area contributed by atoms with Crippen LogP contribution in [0.5, 0.6) is 6.01 Å². The lowest BCUT2D eigenvalue weighted by molar-refractivity contribution is 0.0923. The largest absolute Gasteiger partial charge is 0.464 e. The highest BCUT2D eigenvalue weighted by atomic mass is 16.5. The summed E-state index contributed by atoms with van der Waals surface area (Å²) in [5.41, 5.74) is 4.01. The smallest absolute Gasteiger partial charge is 0.316 e. The van der Waals surface area contributed by atoms with Crippen molar-refractivity contribution in [2.24, 2.45) is 0 Å². The van der Waals surface area contributed by atoms with Crippen molar-refractivity contribution in [3.8, 4) is 17.4 Å². The van der Waals surface area contributed by atoms with Crippen molar-refractivity contribution in [3.63, 3.8) is 0 Å². The van der Waals surface area contributed by atoms with E-state index >= 15 is 0 Å². The molecule has 25 heavy (non-hydrogen) atoms. The summed E-state index contributed by atoms with van der Waals surface area (Å²) in [7, 11) is 0. The minimum Gasteiger partial charge on any atom is -0.464 e. The van der Waals surface area contributed by atoms with Gasteiger partial charge in [0.2, 0.25) is 0 Å². The summed E-state index contributed by atoms with van der Waals surface area (Å²) in [4.78, 5) is 21.4. The third-order valence-electron chi connectivity index (χ3n) is 4.75. The Morgan fingerprint density at radius 1 is 1.32 bits per heavy atom. The van der Waals surface area contributed by atoms with Gasteiger partial charge < -0.3 is 15.4 Å². The number of ether oxygens (including phenoxy) is 1. The van der Waals surface area contributed by atoms with Crippen molar-refractivity contribution in [2.45, 2.75) is 38.6 Å². The van der Waals surface area contributed by atoms with Crippen LogP contribution in [0.25, 0.3) is 11.4 Å². The summed E-state index contributed by atoms with van der Waals surface area (Å²) in [6.07, 6.45) is 5.25. The highest BCUT2D eigenvalue weighted by molar-refractivity contribution is 5.96. The molecule has 1 aliphatic heterocycles. The number of nitrogens with zero attached hydrogens (tertiary/aromatic N) is 3. The predicted octanol–water partition coefficient (Wildman–Crippen LogP) is 0.846. The molecule has 2 aliphatic rings. The molecule has 8 nitrogen and oxygen atoms in total. The number of rotatable bonds is 4. The fraction of sp³-hybridized carbons (Fsp3) is 0.529. The van der Waals surface area contributed by atoms with Crippen LogP contribution in [0.2, 0.25) is 0 Å². The Balaban J connectivity index is 1.60. The summed E-state index contributed by atoms with van der Waals surface area (Å²) >= 11 is 0. The van der Waals surface area contributed by atoms with Crippen LogP contribution in [0.15, 0.2) is 6.20 Å². The van der Waals surface area contributed by atoms with Gasteiger partial charge in [-0.1, -0.05) is 0 Å². The first-order chi connectivity index (χ1) is 12.3. The number of H-pyrrole nitrogens is 1. The maximum atomic E-state index is 12.7. The van der Waals surface area contributed by atoms with Crippen LogP contribution in [-0.2, 0) is 12.8 Å². The SMILES string of the molecule is CCOc1ncc2c(n1)-c1n[nH]c(C(=O)NC3CCNCC3)c1CC2. The summed E-state index contributed by atoms with van der Waals surface area (Å²) in [6.45, 7) is 4.29. The van der Waals surface area contributed by atoms with Crippen LogP contribution in [0.4, 0.5) is 0 Å². The first-order valence-corrected chi connectivity index (χ1v) is 8.84. The zero-order valence-corrected chi connectivity index (χ0v) is 14.3. The van der Waals surface area contributed by atoms with Crippen LogP contribution in [0.1, 0.15) is 41.4 Å². The number of aryl methyl sites for hydroxylation is 1. The van der Waals surface area contributed by atoms with Crippen LogP contribution in [0.3, 0.4) is 0 Å². The number of aromatic amines is 1. The van der Waals surface area contributed by atoms with Gasteiger partial charge in [0.25, 0.3) is 5.91 Å². The topological polar surface area (TPSA) is 105 Å². The Bertz CT molecular complexity index is 781. The summed E-state index contributed by atoms with van der Waals surface area (Å²) in [5, 5.41) is 13.7. The van der Waals surface area contributed by atoms with E-state index in [1.54, 1.807) is 6.20 Å². The van der Waals surface area contributed by atoms with Gasteiger partial charge in [0.05, 0.1) is 6.61 Å². The molecule has 0 bridgehead atoms. The van der Waals surface area contributed by atoms with Crippen molar-refractivity contribution in [1.29, 1.82) is 0 Å². The van der Waals surface area contributed by atoms with Gasteiger partial charge >= 0.3 is 6.01 Å². The number of aromatic nitrogens is 4. The Hall–Kier alpha value is -2.48. The molecule has 3 heterocycles. The molecule has 0 unspecified atom stereocenters. The molecule has 1 amide bonds. The first-order valence-electron chi connectivity index (χ1n) is 8.84. The van der Waals surface area contributed by atoms with E-state index in [9.17, 15) is 4.79 Å². The van der Waals surface area contributed by atoms with Gasteiger partial charge in [-0.25, -0.2) is 4.98 Å². The zero-order valence-electron chi connectivity index (χ0n) is 14.3. The summed E-state index contributed by atoms with van der Waals surface area (Å²) in [5.74, 6) is -0.0804. The second-order valence-corrected chi connectivity index (χ2v) is 6.38. The second kappa shape index (κ2) is 6.79. The number of piperidine rings is 1. The molecule has 0 radical (unpaired) electrons. The van der Waals surface area contributed by atoms with Gasteiger partial charge in [0.15, 0.2) is 0 Å². The van der Waals surface area contributed by atoms with Gasteiger partial charge in [-0.2, -0.15) is 10.1 Å². The van der Waals surface area contributed by atoms with Crippen LogP contribution >= 0.6 is 0 Å². The van der Waals surface area contributed by atoms with Crippen LogP contribution in [0, 0.1) is 0 Å². The average molecular weight is 342 g/mol. The molecule has 0 atom stereocenters. The third-order valence-corrected chi connectivity index (χ3v) is 4.75. The molecule has 1 saturated heterocycles. The van der Waals surface area contributed by atoms with Crippen molar-refractivity contribution < 1.29 is 9.53 Å². The van der Waals surface area contributed by atoms with E-state index in [1.165, 1.54) is 0 Å². The fourth-order valence-electron chi connectivity index (χ4n) is 3.45. The maximum Gasteiger partial charge on any atom is 0.316 e. The number of carbonyl (C=O) groups excluding carboxylic acids is 1. The lowest BCUT2D eigenvalue weighted by Gasteiger charge is -2.23. The maximum absolute atomic E-state index is 12.7. The summed E-state index contributed by atoms with van der Waals surface area (Å²) < 4.78 is 5.40. The highest BCUT2D eigenvalue weighted by Crippen LogP contribution is 2.32. The number of nitrogens with one attached hydrogen (secondary N) is 3. The molecule has 0 saturated carbocycles. The number of hydrogen-bond acceptors (Lipinski definition) is 6. The number of fused-ring (bicyclic) bond motifs is 3. The minimum atomic E-state index is -0.0804. The molecule has 1 fully saturated rings. The molecule has 0 spiro atoms. The molecular weight excluding hydrogens is 320 g/mol. The van der Waals surface area contributed by atoms with E-state index in [-0.39, 0.29) is 11.9 Å². The minimum absolute atomic E-state index is 0.0804. The molecular formula is C17H22N6O2. The average Bonchev–Trinajstić information content (AvgIpc) is 3.07. The number of carbonyl (C=O) groups is 1. The lowest BCUT2D eigenvalue weighted by atomic mass is 9.93. The fourth-order valence-corrected chi connectivity index (χ4v) is 3.45. The van der Waals surface area contributed by atoms with Crippen LogP contribution in [-0.4, -0.2) is 51.8 Å². The summed E-state index contributed by atoms with van der Waals surface area (Å²) in [6, 6.07) is 0.563. The molecule has 2 aromatic rings. The molecule has 132 valence electrons. The third kappa shape index (κ3) is 3.09. The van der Waals surface area contributed by atoms with E-state index in [0.717, 1.165) is 61.3 Å². The molecule has 2 aromatic heterocycles. The standard InChI is InChI=1S/C17H22N6O2/c1-2-25-17-19-9-10-3-4-12-14(13(10)21-17)22-23-15(12)16(24)20-11-5-7-18-8-6-11/h9,11,18H,2-8H2,1H3,(H,20,24)(H,22,23). The Kier molecular flexibility index (Phi) is 4.35. The van der Waals surface area contributed by atoms with Gasteiger partial charge in [0.1, 0.15) is 17.1 Å². The van der Waals surface area contributed by atoms with Crippen molar-refractivity contribution in [3.05, 3.63) is 23.0 Å². The quantitative estimate of drug-likeness (QED) is 0.761. The van der Waals surface area contributed by atoms with E-state index < -0.39 is 0 Å². The van der Waals surface area contributed by atoms with Gasteiger partial charge in [-0.05, 0) is 51.3 Å². The number of hydrogen-bond donors (Lipinski definition) is 3. The Morgan fingerprint density at radius 2 is 2.16 bits per heavy atom. The Morgan fingerprint density at radius 3 is 2.96 bits per heavy atom. The van der Waals surface area contributed by atoms with Gasteiger partial charge in [-0.3, -0.25) is 9.89 Å². The van der Waals surface area contributed by atoms with Crippen molar-refractivity contribution in [1.82, 2.24) is 30.8 Å². The van der Waals surface area contributed by atoms with Crippen molar-refractivity contribution >= 4 is 5.91 Å². The predicted molar refractivity (Wildman–Crippen MR) is 91.5 cm³/mol. The molecule has 0 aromatic carbocycles. The Labute approximate surface area is 145 Å². The second-order valence-electron chi connectivity index (χ2n) is 6.38. The van der Waals surface area contributed by atoms with Gasteiger partial charge in [-0.15, -0.1) is 0 Å². The molecule has 3 N–H and O–H groups in total. The van der Waals surface area contributed by atoms with E-state index in [0.29, 0.717) is 18.3 Å². The van der Waals surface area contributed by atoms with Crippen molar-refractivity contribution in [2.75, 3.05) is 19.7 Å². The van der Waals surface area contributed by atoms with E-state index in [4.69, 9.17) is 4.74 Å². The zero-order chi connectivity index (χ0) is 17.2. The number of amides is 1. The highest BCUT2D eigenvalue weighted by Gasteiger charge is 2.28. The molecule has 8 heteroatoms. The molecule has 4 rings (SSSR count). The van der Waals surface area contributed by atoms with Crippen LogP contribution < -0.4 is 15.4 Å². The van der Waals surface area contributed by atoms with E-state index in [2.05, 4.69) is 30.8 Å². The van der Waals surface area contributed by atoms with E-state index in [1.807, 2.05) is 6.92 Å². The molecule has 1 aliphatic carbocycles. The first kappa shape index (κ1) is 16.0. The normalized spacial score (nSPS) is 16.8.